The summed E-state index contributed by atoms with van der Waals surface area (Å²) in [7, 11) is 0. The van der Waals surface area contributed by atoms with Gasteiger partial charge in [0.2, 0.25) is 5.56 Å². The summed E-state index contributed by atoms with van der Waals surface area (Å²) < 4.78 is 37.8. The van der Waals surface area contributed by atoms with Gasteiger partial charge in [-0.15, -0.1) is 0 Å². The molecular weight excluding hydrogens is 218 g/mol. The monoisotopic (exact) mass is 226 g/mol. The lowest BCUT2D eigenvalue weighted by molar-refractivity contribution is 0.445. The van der Waals surface area contributed by atoms with Crippen LogP contribution in [0.25, 0.3) is 10.9 Å². The van der Waals surface area contributed by atoms with Crippen LogP contribution >= 0.6 is 0 Å². The third-order valence-electron chi connectivity index (χ3n) is 2.29. The molecule has 2 rings (SSSR count). The zero-order valence-corrected chi connectivity index (χ0v) is 8.24. The number of halogens is 3. The Bertz CT molecular complexity index is 576. The summed E-state index contributed by atoms with van der Waals surface area (Å²) in [6, 6.07) is 9.20. The van der Waals surface area contributed by atoms with Gasteiger partial charge in [-0.25, -0.2) is 0 Å². The molecule has 1 aromatic heterocycles. The van der Waals surface area contributed by atoms with Crippen molar-refractivity contribution in [1.29, 1.82) is 0 Å². The van der Waals surface area contributed by atoms with Crippen LogP contribution in [-0.4, -0.2) is 11.5 Å². The number of hydrogen-bond acceptors (Lipinski definition) is 1. The molecule has 0 radical (unpaired) electrons. The molecule has 0 aliphatic carbocycles. The highest BCUT2D eigenvalue weighted by Crippen LogP contribution is 2.15. The van der Waals surface area contributed by atoms with Crippen LogP contribution in [0.3, 0.4) is 0 Å². The molecule has 0 amide bonds. The van der Waals surface area contributed by atoms with Crippen LogP contribution in [0, 0.1) is 0 Å². The third kappa shape index (κ3) is 2.10. The van der Waals surface area contributed by atoms with Crippen molar-refractivity contribution in [2.45, 2.75) is 6.44 Å². The van der Waals surface area contributed by atoms with Crippen molar-refractivity contribution in [3.63, 3.8) is 0 Å². The zero-order valence-electron chi connectivity index (χ0n) is 8.24. The van der Waals surface area contributed by atoms with Gasteiger partial charge < -0.3 is 17.5 Å². The number of para-hydroxylation sites is 1. The predicted octanol–water partition coefficient (Wildman–Crippen LogP) is 2.39. The Hall–Kier alpha value is -1.72. The Morgan fingerprint density at radius 2 is 1.75 bits per heavy atom. The SMILES string of the molecule is O=c1ccc2ccccc2n1C[B-](F)(F)F. The molecule has 0 atom stereocenters. The highest BCUT2D eigenvalue weighted by molar-refractivity contribution is 6.57. The van der Waals surface area contributed by atoms with Crippen LogP contribution < -0.4 is 5.56 Å². The van der Waals surface area contributed by atoms with Gasteiger partial charge in [0.25, 0.3) is 0 Å². The highest BCUT2D eigenvalue weighted by Gasteiger charge is 2.24. The van der Waals surface area contributed by atoms with E-state index in [9.17, 15) is 17.7 Å². The van der Waals surface area contributed by atoms with Crippen molar-refractivity contribution < 1.29 is 12.9 Å². The molecule has 2 nitrogen and oxygen atoms in total. The molecule has 6 heteroatoms. The standard InChI is InChI=1S/C10H8BF3NO/c12-11(13,14)7-15-9-4-2-1-3-8(9)5-6-10(15)16/h1-6H,7H2/q-1. The van der Waals surface area contributed by atoms with Crippen molar-refractivity contribution in [2.75, 3.05) is 0 Å². The lowest BCUT2D eigenvalue weighted by Crippen LogP contribution is -2.31. The molecular formula is C10H8BF3NO-. The lowest BCUT2D eigenvalue weighted by Gasteiger charge is -2.17. The van der Waals surface area contributed by atoms with E-state index in [1.165, 1.54) is 12.1 Å². The molecule has 84 valence electrons. The second kappa shape index (κ2) is 3.70. The third-order valence-corrected chi connectivity index (χ3v) is 2.29. The quantitative estimate of drug-likeness (QED) is 0.720. The molecule has 16 heavy (non-hydrogen) atoms. The van der Waals surface area contributed by atoms with Crippen molar-refractivity contribution in [3.05, 3.63) is 46.8 Å². The molecule has 0 N–H and O–H groups in total. The molecule has 0 saturated heterocycles. The molecule has 0 spiro atoms. The van der Waals surface area contributed by atoms with Crippen molar-refractivity contribution >= 4 is 17.9 Å². The van der Waals surface area contributed by atoms with Crippen LogP contribution in [0.5, 0.6) is 0 Å². The summed E-state index contributed by atoms with van der Waals surface area (Å²) in [5.41, 5.74) is -0.313. The van der Waals surface area contributed by atoms with Gasteiger partial charge >= 0.3 is 6.98 Å². The predicted molar refractivity (Wildman–Crippen MR) is 57.3 cm³/mol. The van der Waals surface area contributed by atoms with Gasteiger partial charge in [-0.05, 0) is 24.0 Å². The lowest BCUT2D eigenvalue weighted by atomic mass is 9.92. The summed E-state index contributed by atoms with van der Waals surface area (Å²) in [6.45, 7) is -5.02. The number of benzene rings is 1. The zero-order chi connectivity index (χ0) is 11.8. The number of pyridine rings is 1. The first-order chi connectivity index (χ1) is 7.47. The van der Waals surface area contributed by atoms with Gasteiger partial charge in [-0.1, -0.05) is 18.2 Å². The Morgan fingerprint density at radius 3 is 2.44 bits per heavy atom. The second-order valence-electron chi connectivity index (χ2n) is 3.55. The van der Waals surface area contributed by atoms with Crippen molar-refractivity contribution in [3.8, 4) is 0 Å². The molecule has 0 aliphatic heterocycles. The Labute approximate surface area is 89.4 Å². The van der Waals surface area contributed by atoms with E-state index in [4.69, 9.17) is 0 Å². The van der Waals surface area contributed by atoms with Crippen LogP contribution in [0.2, 0.25) is 0 Å². The van der Waals surface area contributed by atoms with Gasteiger partial charge in [0.1, 0.15) is 0 Å². The first-order valence-electron chi connectivity index (χ1n) is 4.77. The molecule has 0 aliphatic rings. The summed E-state index contributed by atoms with van der Waals surface area (Å²) in [5.74, 6) is 0. The van der Waals surface area contributed by atoms with Crippen LogP contribution in [0.4, 0.5) is 12.9 Å². The van der Waals surface area contributed by atoms with Gasteiger partial charge in [0.05, 0.1) is 0 Å². The fraction of sp³-hybridized carbons (Fsp3) is 0.100. The first kappa shape index (κ1) is 10.8. The van der Waals surface area contributed by atoms with Crippen LogP contribution in [-0.2, 0) is 6.44 Å². The highest BCUT2D eigenvalue weighted by atomic mass is 19.4. The number of nitrogens with zero attached hydrogens (tertiary/aromatic N) is 1. The molecule has 0 unspecified atom stereocenters. The number of fused-ring (bicyclic) bond motifs is 1. The number of rotatable bonds is 2. The molecule has 0 fully saturated rings. The van der Waals surface area contributed by atoms with E-state index < -0.39 is 19.0 Å². The fourth-order valence-electron chi connectivity index (χ4n) is 1.64. The second-order valence-corrected chi connectivity index (χ2v) is 3.55. The molecule has 1 heterocycles. The first-order valence-corrected chi connectivity index (χ1v) is 4.77. The van der Waals surface area contributed by atoms with E-state index in [0.29, 0.717) is 10.9 Å². The minimum atomic E-state index is -5.02. The van der Waals surface area contributed by atoms with E-state index in [2.05, 4.69) is 0 Å². The Balaban J connectivity index is 2.66. The average Bonchev–Trinajstić information content (AvgIpc) is 2.21. The topological polar surface area (TPSA) is 22.0 Å². The largest absolute Gasteiger partial charge is 0.497 e. The van der Waals surface area contributed by atoms with Gasteiger partial charge in [0.15, 0.2) is 0 Å². The molecule has 2 aromatic rings. The minimum absolute atomic E-state index is 0.314. The van der Waals surface area contributed by atoms with Crippen LogP contribution in [0.1, 0.15) is 0 Å². The molecule has 0 bridgehead atoms. The van der Waals surface area contributed by atoms with E-state index in [-0.39, 0.29) is 0 Å². The smallest absolute Gasteiger partial charge is 0.448 e. The maximum Gasteiger partial charge on any atom is 0.497 e. The number of aromatic nitrogens is 1. The van der Waals surface area contributed by atoms with Crippen molar-refractivity contribution in [2.24, 2.45) is 0 Å². The maximum atomic E-state index is 12.4. The summed E-state index contributed by atoms with van der Waals surface area (Å²) in [4.78, 5) is 11.4. The Kier molecular flexibility index (Phi) is 2.49. The minimum Gasteiger partial charge on any atom is -0.448 e. The van der Waals surface area contributed by atoms with Gasteiger partial charge in [0, 0.05) is 11.6 Å². The fourth-order valence-corrected chi connectivity index (χ4v) is 1.64. The van der Waals surface area contributed by atoms with Gasteiger partial charge in [-0.3, -0.25) is 4.79 Å². The molecule has 0 saturated carbocycles. The van der Waals surface area contributed by atoms with E-state index in [1.807, 2.05) is 0 Å². The maximum absolute atomic E-state index is 12.4. The van der Waals surface area contributed by atoms with E-state index in [1.54, 1.807) is 18.2 Å². The van der Waals surface area contributed by atoms with E-state index >= 15 is 0 Å². The molecule has 1 aromatic carbocycles. The van der Waals surface area contributed by atoms with Crippen LogP contribution in [0.15, 0.2) is 41.2 Å². The summed E-state index contributed by atoms with van der Waals surface area (Å²) in [5, 5.41) is 0.627. The number of hydrogen-bond donors (Lipinski definition) is 0. The van der Waals surface area contributed by atoms with Gasteiger partial charge in [-0.2, -0.15) is 0 Å². The summed E-state index contributed by atoms with van der Waals surface area (Å²) in [6.07, 6.45) is -1.19. The average molecular weight is 226 g/mol. The van der Waals surface area contributed by atoms with E-state index in [0.717, 1.165) is 10.6 Å². The normalized spacial score (nSPS) is 11.9. The summed E-state index contributed by atoms with van der Waals surface area (Å²) >= 11 is 0. The van der Waals surface area contributed by atoms with Crippen molar-refractivity contribution in [1.82, 2.24) is 4.57 Å². The Morgan fingerprint density at radius 1 is 1.06 bits per heavy atom.